The van der Waals surface area contributed by atoms with Crippen LogP contribution >= 0.6 is 0 Å². The molecule has 0 bridgehead atoms. The first-order valence-corrected chi connectivity index (χ1v) is 13.2. The summed E-state index contributed by atoms with van der Waals surface area (Å²) in [6.07, 6.45) is 3.24. The lowest BCUT2D eigenvalue weighted by atomic mass is 9.91. The van der Waals surface area contributed by atoms with Crippen molar-refractivity contribution in [3.8, 4) is 23.1 Å². The first-order valence-electron chi connectivity index (χ1n) is 13.2. The number of hydrogen-bond donors (Lipinski definition) is 2. The van der Waals surface area contributed by atoms with Gasteiger partial charge in [0.05, 0.1) is 24.4 Å². The Balaban J connectivity index is 1.22. The predicted molar refractivity (Wildman–Crippen MR) is 145 cm³/mol. The molecule has 0 aliphatic carbocycles. The minimum absolute atomic E-state index is 0.0356. The van der Waals surface area contributed by atoms with E-state index in [9.17, 15) is 9.90 Å². The van der Waals surface area contributed by atoms with Gasteiger partial charge in [0.1, 0.15) is 5.82 Å². The lowest BCUT2D eigenvalue weighted by Gasteiger charge is -2.17. The van der Waals surface area contributed by atoms with Crippen LogP contribution in [0.5, 0.6) is 17.4 Å². The van der Waals surface area contributed by atoms with Gasteiger partial charge < -0.3 is 24.6 Å². The summed E-state index contributed by atoms with van der Waals surface area (Å²) in [6.45, 7) is 1.56. The molecule has 2 aliphatic heterocycles. The molecule has 0 spiro atoms. The third-order valence-electron chi connectivity index (χ3n) is 7.03. The zero-order valence-corrected chi connectivity index (χ0v) is 21.5. The predicted octanol–water partition coefficient (Wildman–Crippen LogP) is 4.78. The number of aromatic nitrogens is 3. The smallest absolute Gasteiger partial charge is 0.303 e. The maximum Gasteiger partial charge on any atom is 0.303 e. The van der Waals surface area contributed by atoms with Crippen molar-refractivity contribution >= 4 is 11.8 Å². The Kier molecular flexibility index (Phi) is 7.03. The standard InChI is InChI=1S/C30H30N4O5/c35-29(36)17-22(21-9-11-26-27(16-21)39-19-38-26)15-24-18-28(34(33-24)25-6-2-1-3-7-25)37-14-12-23-10-8-20-5-4-13-31-30(20)32-23/h1-3,6-11,16,18,22H,4-5,12-15,17,19H2,(H,31,32)(H,35,36). The number of pyridine rings is 1. The summed E-state index contributed by atoms with van der Waals surface area (Å²) < 4.78 is 18.9. The number of nitrogens with zero attached hydrogens (tertiary/aromatic N) is 3. The summed E-state index contributed by atoms with van der Waals surface area (Å²) in [7, 11) is 0. The lowest BCUT2D eigenvalue weighted by molar-refractivity contribution is -0.137. The van der Waals surface area contributed by atoms with E-state index in [1.807, 2.05) is 54.6 Å². The van der Waals surface area contributed by atoms with Gasteiger partial charge in [0.2, 0.25) is 12.7 Å². The van der Waals surface area contributed by atoms with Gasteiger partial charge in [0.25, 0.3) is 0 Å². The second-order valence-corrected chi connectivity index (χ2v) is 9.77. The Bertz CT molecular complexity index is 1470. The molecule has 6 rings (SSSR count). The van der Waals surface area contributed by atoms with Crippen LogP contribution in [-0.4, -0.2) is 45.8 Å². The molecular weight excluding hydrogens is 496 g/mol. The van der Waals surface area contributed by atoms with Crippen molar-refractivity contribution < 1.29 is 24.1 Å². The highest BCUT2D eigenvalue weighted by atomic mass is 16.7. The molecule has 4 aromatic rings. The molecule has 9 heteroatoms. The van der Waals surface area contributed by atoms with Gasteiger partial charge in [0, 0.05) is 30.6 Å². The molecule has 0 saturated carbocycles. The third kappa shape index (κ3) is 5.67. The zero-order chi connectivity index (χ0) is 26.6. The van der Waals surface area contributed by atoms with Gasteiger partial charge in [-0.25, -0.2) is 9.67 Å². The van der Waals surface area contributed by atoms with Gasteiger partial charge in [-0.05, 0) is 60.7 Å². The number of nitrogens with one attached hydrogen (secondary N) is 1. The van der Waals surface area contributed by atoms with Crippen LogP contribution < -0.4 is 19.5 Å². The van der Waals surface area contributed by atoms with Crippen LogP contribution in [0, 0.1) is 0 Å². The van der Waals surface area contributed by atoms with Crippen molar-refractivity contribution in [1.82, 2.24) is 14.8 Å². The highest BCUT2D eigenvalue weighted by Gasteiger charge is 2.23. The molecular formula is C30H30N4O5. The first kappa shape index (κ1) is 24.8. The van der Waals surface area contributed by atoms with Crippen LogP contribution in [0.25, 0.3) is 5.69 Å². The first-order chi connectivity index (χ1) is 19.1. The number of carbonyl (C=O) groups is 1. The van der Waals surface area contributed by atoms with E-state index in [0.717, 1.165) is 47.8 Å². The van der Waals surface area contributed by atoms with E-state index in [-0.39, 0.29) is 19.1 Å². The molecule has 9 nitrogen and oxygen atoms in total. The number of rotatable bonds is 10. The molecule has 2 N–H and O–H groups in total. The fourth-order valence-electron chi connectivity index (χ4n) is 5.07. The van der Waals surface area contributed by atoms with Crippen LogP contribution in [0.2, 0.25) is 0 Å². The van der Waals surface area contributed by atoms with Crippen molar-refractivity contribution in [3.05, 3.63) is 89.2 Å². The fraction of sp³-hybridized carbons (Fsp3) is 0.300. The molecule has 200 valence electrons. The molecule has 4 heterocycles. The fourth-order valence-corrected chi connectivity index (χ4v) is 5.07. The number of para-hydroxylation sites is 1. The minimum atomic E-state index is -0.872. The van der Waals surface area contributed by atoms with Crippen molar-refractivity contribution in [2.45, 2.75) is 38.0 Å². The van der Waals surface area contributed by atoms with Crippen LogP contribution in [-0.2, 0) is 24.1 Å². The monoisotopic (exact) mass is 526 g/mol. The minimum Gasteiger partial charge on any atom is -0.481 e. The Morgan fingerprint density at radius 1 is 1.05 bits per heavy atom. The normalized spacial score (nSPS) is 14.4. The largest absolute Gasteiger partial charge is 0.481 e. The molecule has 2 aromatic heterocycles. The number of hydrogen-bond acceptors (Lipinski definition) is 7. The van der Waals surface area contributed by atoms with E-state index in [1.165, 1.54) is 5.56 Å². The number of carboxylic acid groups (broad SMARTS) is 1. The van der Waals surface area contributed by atoms with Crippen molar-refractivity contribution in [2.24, 2.45) is 0 Å². The molecule has 2 aliphatic rings. The number of ether oxygens (including phenoxy) is 3. The summed E-state index contributed by atoms with van der Waals surface area (Å²) in [5, 5.41) is 17.8. The molecule has 0 amide bonds. The van der Waals surface area contributed by atoms with Gasteiger partial charge in [0.15, 0.2) is 11.5 Å². The summed E-state index contributed by atoms with van der Waals surface area (Å²) >= 11 is 0. The van der Waals surface area contributed by atoms with Crippen molar-refractivity contribution in [3.63, 3.8) is 0 Å². The Morgan fingerprint density at radius 3 is 2.79 bits per heavy atom. The van der Waals surface area contributed by atoms with Crippen LogP contribution in [0.15, 0.2) is 66.7 Å². The molecule has 1 unspecified atom stereocenters. The number of anilines is 1. The molecule has 0 radical (unpaired) electrons. The number of benzene rings is 2. The second kappa shape index (κ2) is 11.1. The maximum atomic E-state index is 11.7. The Labute approximate surface area is 226 Å². The highest BCUT2D eigenvalue weighted by Crippen LogP contribution is 2.36. The average molecular weight is 527 g/mol. The van der Waals surface area contributed by atoms with E-state index >= 15 is 0 Å². The number of carboxylic acids is 1. The van der Waals surface area contributed by atoms with Crippen molar-refractivity contribution in [1.29, 1.82) is 0 Å². The van der Waals surface area contributed by atoms with Gasteiger partial charge >= 0.3 is 5.97 Å². The van der Waals surface area contributed by atoms with E-state index in [2.05, 4.69) is 17.4 Å². The Morgan fingerprint density at radius 2 is 1.92 bits per heavy atom. The quantitative estimate of drug-likeness (QED) is 0.304. The van der Waals surface area contributed by atoms with Gasteiger partial charge in [-0.15, -0.1) is 0 Å². The molecule has 2 aromatic carbocycles. The average Bonchev–Trinajstić information content (AvgIpc) is 3.59. The topological polar surface area (TPSA) is 108 Å². The van der Waals surface area contributed by atoms with Crippen LogP contribution in [0.3, 0.4) is 0 Å². The number of aryl methyl sites for hydroxylation is 1. The zero-order valence-electron chi connectivity index (χ0n) is 21.5. The number of fused-ring (bicyclic) bond motifs is 2. The van der Waals surface area contributed by atoms with Gasteiger partial charge in [-0.2, -0.15) is 5.10 Å². The van der Waals surface area contributed by atoms with Crippen molar-refractivity contribution in [2.75, 3.05) is 25.3 Å². The maximum absolute atomic E-state index is 11.7. The summed E-state index contributed by atoms with van der Waals surface area (Å²) in [5.41, 5.74) is 4.71. The molecule has 1 atom stereocenters. The van der Waals surface area contributed by atoms with E-state index in [1.54, 1.807) is 4.68 Å². The van der Waals surface area contributed by atoms with Gasteiger partial charge in [-0.3, -0.25) is 4.79 Å². The Hall–Kier alpha value is -4.53. The lowest BCUT2D eigenvalue weighted by Crippen LogP contribution is -2.14. The molecule has 0 fully saturated rings. The van der Waals surface area contributed by atoms with E-state index in [0.29, 0.717) is 36.8 Å². The van der Waals surface area contributed by atoms with E-state index < -0.39 is 5.97 Å². The highest BCUT2D eigenvalue weighted by molar-refractivity contribution is 5.68. The van der Waals surface area contributed by atoms with Crippen LogP contribution in [0.1, 0.15) is 41.3 Å². The summed E-state index contributed by atoms with van der Waals surface area (Å²) in [4.78, 5) is 16.5. The third-order valence-corrected chi connectivity index (χ3v) is 7.03. The SMILES string of the molecule is O=C(O)CC(Cc1cc(OCCc2ccc3c(n2)NCCC3)n(-c2ccccc2)n1)c1ccc2c(c1)OCO2. The molecule has 0 saturated heterocycles. The van der Waals surface area contributed by atoms with Gasteiger partial charge in [-0.1, -0.05) is 30.3 Å². The summed E-state index contributed by atoms with van der Waals surface area (Å²) in [5.74, 6) is 1.71. The van der Waals surface area contributed by atoms with Crippen LogP contribution in [0.4, 0.5) is 5.82 Å². The van der Waals surface area contributed by atoms with E-state index in [4.69, 9.17) is 24.3 Å². The molecule has 39 heavy (non-hydrogen) atoms. The summed E-state index contributed by atoms with van der Waals surface area (Å²) in [6, 6.07) is 21.5. The number of aliphatic carboxylic acids is 1. The second-order valence-electron chi connectivity index (χ2n) is 9.77.